The van der Waals surface area contributed by atoms with Gasteiger partial charge in [0.1, 0.15) is 5.75 Å². The van der Waals surface area contributed by atoms with Gasteiger partial charge in [-0.15, -0.1) is 0 Å². The first-order valence-electron chi connectivity index (χ1n) is 11.7. The highest BCUT2D eigenvalue weighted by atomic mass is 35.5. The second-order valence-electron chi connectivity index (χ2n) is 8.91. The summed E-state index contributed by atoms with van der Waals surface area (Å²) in [6.07, 6.45) is 3.87. The number of benzene rings is 2. The number of nitrogens with one attached hydrogen (secondary N) is 2. The number of nitrogens with zero attached hydrogens (tertiary/aromatic N) is 3. The van der Waals surface area contributed by atoms with Crippen LogP contribution in [0.3, 0.4) is 0 Å². The molecule has 0 bridgehead atoms. The number of rotatable bonds is 7. The van der Waals surface area contributed by atoms with Crippen LogP contribution in [0.2, 0.25) is 5.02 Å². The summed E-state index contributed by atoms with van der Waals surface area (Å²) < 4.78 is 5.69. The van der Waals surface area contributed by atoms with Crippen LogP contribution in [0, 0.1) is 12.8 Å². The van der Waals surface area contributed by atoms with Gasteiger partial charge in [0.2, 0.25) is 18.2 Å². The summed E-state index contributed by atoms with van der Waals surface area (Å²) >= 11 is 5.85. The van der Waals surface area contributed by atoms with Crippen molar-refractivity contribution in [1.29, 1.82) is 0 Å². The van der Waals surface area contributed by atoms with Crippen molar-refractivity contribution in [2.75, 3.05) is 0 Å². The number of guanidine groups is 1. The second kappa shape index (κ2) is 11.7. The third-order valence-corrected chi connectivity index (χ3v) is 6.17. The Morgan fingerprint density at radius 3 is 2.47 bits per heavy atom. The van der Waals surface area contributed by atoms with Gasteiger partial charge in [-0.05, 0) is 61.6 Å². The molecule has 0 spiro atoms. The third-order valence-electron chi connectivity index (χ3n) is 5.95. The summed E-state index contributed by atoms with van der Waals surface area (Å²) in [5.41, 5.74) is 2.73. The highest BCUT2D eigenvalue weighted by Gasteiger charge is 2.34. The lowest BCUT2D eigenvalue weighted by molar-refractivity contribution is -0.108. The number of aromatic nitrogens is 1. The molecule has 3 amide bonds. The third kappa shape index (κ3) is 6.82. The quantitative estimate of drug-likeness (QED) is 0.249. The number of halogens is 1. The summed E-state index contributed by atoms with van der Waals surface area (Å²) in [7, 11) is 0. The molecule has 186 valence electrons. The standard InChI is InChI=1S/C27H28ClN5O3/c1-18-3-5-20(6-4-18)16-33(23-13-19(2)14-23)27(35)32-26(30-17-34)31-22-8-10-24(11-9-22)36-25-12-7-21(28)15-29-25/h3-12,15,17,19,23H,13-14,16H2,1-2H3,(H2,30,31,32,34,35). The number of hydrogen-bond donors (Lipinski definition) is 2. The summed E-state index contributed by atoms with van der Waals surface area (Å²) in [5.74, 6) is 1.59. The van der Waals surface area contributed by atoms with E-state index in [-0.39, 0.29) is 18.0 Å². The van der Waals surface area contributed by atoms with E-state index >= 15 is 0 Å². The lowest BCUT2D eigenvalue weighted by Gasteiger charge is -2.41. The molecule has 2 N–H and O–H groups in total. The van der Waals surface area contributed by atoms with Crippen LogP contribution in [-0.2, 0) is 11.3 Å². The largest absolute Gasteiger partial charge is 0.439 e. The monoisotopic (exact) mass is 505 g/mol. The molecule has 1 aliphatic rings. The van der Waals surface area contributed by atoms with Crippen LogP contribution in [0.5, 0.6) is 11.6 Å². The van der Waals surface area contributed by atoms with E-state index in [1.54, 1.807) is 36.4 Å². The lowest BCUT2D eigenvalue weighted by Crippen LogP contribution is -2.53. The first-order chi connectivity index (χ1) is 17.4. The van der Waals surface area contributed by atoms with Crippen molar-refractivity contribution < 1.29 is 14.3 Å². The van der Waals surface area contributed by atoms with Crippen molar-refractivity contribution in [3.05, 3.63) is 83.0 Å². The number of pyridine rings is 1. The maximum Gasteiger partial charge on any atom is 0.324 e. The lowest BCUT2D eigenvalue weighted by atomic mass is 9.81. The molecule has 2 aromatic carbocycles. The molecule has 0 radical (unpaired) electrons. The number of carbonyl (C=O) groups is 2. The molecule has 1 heterocycles. The van der Waals surface area contributed by atoms with E-state index in [4.69, 9.17) is 16.3 Å². The van der Waals surface area contributed by atoms with E-state index in [1.807, 2.05) is 36.1 Å². The minimum Gasteiger partial charge on any atom is -0.439 e. The van der Waals surface area contributed by atoms with Gasteiger partial charge in [-0.2, -0.15) is 0 Å². The van der Waals surface area contributed by atoms with E-state index in [9.17, 15) is 9.59 Å². The average Bonchev–Trinajstić information content (AvgIpc) is 2.84. The van der Waals surface area contributed by atoms with E-state index < -0.39 is 0 Å². The van der Waals surface area contributed by atoms with Gasteiger partial charge in [-0.25, -0.2) is 14.8 Å². The minimum atomic E-state index is -0.311. The zero-order chi connectivity index (χ0) is 25.5. The Hall–Kier alpha value is -3.91. The van der Waals surface area contributed by atoms with Gasteiger partial charge in [0.15, 0.2) is 0 Å². The number of aryl methyl sites for hydroxylation is 1. The molecule has 0 unspecified atom stereocenters. The van der Waals surface area contributed by atoms with Crippen molar-refractivity contribution in [2.24, 2.45) is 10.9 Å². The van der Waals surface area contributed by atoms with E-state index in [2.05, 4.69) is 27.5 Å². The number of hydrogen-bond acceptors (Lipinski definition) is 5. The molecule has 8 nitrogen and oxygen atoms in total. The first kappa shape index (κ1) is 25.2. The van der Waals surface area contributed by atoms with Gasteiger partial charge >= 0.3 is 6.03 Å². The van der Waals surface area contributed by atoms with Gasteiger partial charge in [-0.1, -0.05) is 48.4 Å². The number of ether oxygens (including phenoxy) is 1. The van der Waals surface area contributed by atoms with Crippen molar-refractivity contribution in [3.63, 3.8) is 0 Å². The second-order valence-corrected chi connectivity index (χ2v) is 9.34. The van der Waals surface area contributed by atoms with Crippen LogP contribution in [0.25, 0.3) is 0 Å². The Bertz CT molecular complexity index is 1210. The summed E-state index contributed by atoms with van der Waals surface area (Å²) in [6, 6.07) is 18.2. The number of urea groups is 1. The number of carbonyl (C=O) groups excluding carboxylic acids is 2. The summed E-state index contributed by atoms with van der Waals surface area (Å²) in [4.78, 5) is 34.8. The van der Waals surface area contributed by atoms with E-state index in [0.29, 0.717) is 41.2 Å². The normalized spacial score (nSPS) is 17.0. The fraction of sp³-hybridized carbons (Fsp3) is 0.259. The Morgan fingerprint density at radius 1 is 1.14 bits per heavy atom. The number of aliphatic imine (C=N–C) groups is 1. The van der Waals surface area contributed by atoms with Crippen molar-refractivity contribution in [2.45, 2.75) is 39.3 Å². The molecule has 36 heavy (non-hydrogen) atoms. The Morgan fingerprint density at radius 2 is 1.86 bits per heavy atom. The van der Waals surface area contributed by atoms with Crippen LogP contribution < -0.4 is 15.4 Å². The summed E-state index contributed by atoms with van der Waals surface area (Å²) in [5, 5.41) is 5.77. The van der Waals surface area contributed by atoms with Crippen LogP contribution in [-0.4, -0.2) is 34.3 Å². The molecule has 1 aliphatic carbocycles. The van der Waals surface area contributed by atoms with Crippen LogP contribution in [0.4, 0.5) is 10.5 Å². The highest BCUT2D eigenvalue weighted by molar-refractivity contribution is 6.30. The molecule has 0 aliphatic heterocycles. The van der Waals surface area contributed by atoms with Crippen molar-refractivity contribution in [1.82, 2.24) is 20.5 Å². The summed E-state index contributed by atoms with van der Waals surface area (Å²) in [6.45, 7) is 4.68. The molecule has 1 aromatic heterocycles. The van der Waals surface area contributed by atoms with Crippen LogP contribution in [0.15, 0.2) is 71.9 Å². The predicted molar refractivity (Wildman–Crippen MR) is 139 cm³/mol. The molecular weight excluding hydrogens is 478 g/mol. The smallest absolute Gasteiger partial charge is 0.324 e. The number of amides is 3. The van der Waals surface area contributed by atoms with Crippen LogP contribution in [0.1, 0.15) is 30.9 Å². The van der Waals surface area contributed by atoms with Crippen molar-refractivity contribution in [3.8, 4) is 11.6 Å². The SMILES string of the molecule is Cc1ccc(CN(C(=O)NC(=Nc2ccc(Oc3ccc(Cl)cn3)cc2)NC=O)C2CC(C)C2)cc1. The maximum atomic E-state index is 13.3. The zero-order valence-electron chi connectivity index (χ0n) is 20.1. The van der Waals surface area contributed by atoms with Crippen LogP contribution >= 0.6 is 11.6 Å². The molecule has 0 atom stereocenters. The molecule has 3 aromatic rings. The van der Waals surface area contributed by atoms with Gasteiger partial charge in [-0.3, -0.25) is 15.4 Å². The fourth-order valence-corrected chi connectivity index (χ4v) is 4.07. The first-order valence-corrected chi connectivity index (χ1v) is 12.1. The highest BCUT2D eigenvalue weighted by Crippen LogP contribution is 2.32. The minimum absolute atomic E-state index is 0.0457. The maximum absolute atomic E-state index is 13.3. The predicted octanol–water partition coefficient (Wildman–Crippen LogP) is 5.58. The molecule has 0 saturated heterocycles. The fourth-order valence-electron chi connectivity index (χ4n) is 3.96. The Labute approximate surface area is 215 Å². The molecular formula is C27H28ClN5O3. The molecule has 4 rings (SSSR count). The molecule has 9 heteroatoms. The molecule has 1 saturated carbocycles. The van der Waals surface area contributed by atoms with E-state index in [1.165, 1.54) is 6.20 Å². The van der Waals surface area contributed by atoms with Gasteiger partial charge < -0.3 is 9.64 Å². The van der Waals surface area contributed by atoms with Crippen molar-refractivity contribution >= 4 is 35.7 Å². The topological polar surface area (TPSA) is 95.9 Å². The zero-order valence-corrected chi connectivity index (χ0v) is 20.9. The Kier molecular flexibility index (Phi) is 8.17. The Balaban J connectivity index is 1.45. The molecule has 1 fully saturated rings. The van der Waals surface area contributed by atoms with Gasteiger partial charge in [0, 0.05) is 24.8 Å². The average molecular weight is 506 g/mol. The van der Waals surface area contributed by atoms with Gasteiger partial charge in [0.05, 0.1) is 10.7 Å². The van der Waals surface area contributed by atoms with E-state index in [0.717, 1.165) is 24.0 Å². The van der Waals surface area contributed by atoms with Gasteiger partial charge in [0.25, 0.3) is 0 Å².